The first-order valence-electron chi connectivity index (χ1n) is 8.35. The average Bonchev–Trinajstić information content (AvgIpc) is 2.70. The van der Waals surface area contributed by atoms with Gasteiger partial charge in [0.05, 0.1) is 12.5 Å². The molecule has 0 N–H and O–H groups in total. The molecule has 0 aliphatic rings. The number of hydrogen-bond donors (Lipinski definition) is 0. The predicted octanol–water partition coefficient (Wildman–Crippen LogP) is 3.36. The fourth-order valence-electron chi connectivity index (χ4n) is 3.05. The van der Waals surface area contributed by atoms with E-state index in [0.29, 0.717) is 22.5 Å². The van der Waals surface area contributed by atoms with Crippen LogP contribution in [0, 0.1) is 0 Å². The monoisotopic (exact) mass is 360 g/mol. The standard InChI is InChI=1S/C21H16N2O4/c1-3-11-23-19(13-7-5-4-6-8-13)22-20-17(21(23)25)18(24)15-10-9-14(26-2)12-16(15)27-20/h3-10,12H,1,11H2,2H3. The Bertz CT molecular complexity index is 1290. The second-order valence-electron chi connectivity index (χ2n) is 5.98. The Morgan fingerprint density at radius 2 is 1.96 bits per heavy atom. The molecule has 27 heavy (non-hydrogen) atoms. The summed E-state index contributed by atoms with van der Waals surface area (Å²) in [5.74, 6) is 0.965. The van der Waals surface area contributed by atoms with Crippen molar-refractivity contribution >= 4 is 22.1 Å². The van der Waals surface area contributed by atoms with E-state index in [1.54, 1.807) is 24.3 Å². The smallest absolute Gasteiger partial charge is 0.269 e. The summed E-state index contributed by atoms with van der Waals surface area (Å²) < 4.78 is 12.4. The molecule has 0 aliphatic heterocycles. The summed E-state index contributed by atoms with van der Waals surface area (Å²) >= 11 is 0. The van der Waals surface area contributed by atoms with Gasteiger partial charge in [0.2, 0.25) is 11.1 Å². The van der Waals surface area contributed by atoms with Gasteiger partial charge in [0.15, 0.2) is 5.39 Å². The molecule has 4 rings (SSSR count). The Morgan fingerprint density at radius 3 is 2.67 bits per heavy atom. The van der Waals surface area contributed by atoms with Gasteiger partial charge in [-0.2, -0.15) is 4.98 Å². The second-order valence-corrected chi connectivity index (χ2v) is 5.98. The Kier molecular flexibility index (Phi) is 4.08. The molecule has 2 heterocycles. The first kappa shape index (κ1) is 16.8. The fourth-order valence-corrected chi connectivity index (χ4v) is 3.05. The van der Waals surface area contributed by atoms with E-state index in [0.717, 1.165) is 5.56 Å². The maximum Gasteiger partial charge on any atom is 0.269 e. The number of benzene rings is 2. The van der Waals surface area contributed by atoms with Gasteiger partial charge in [0, 0.05) is 18.2 Å². The van der Waals surface area contributed by atoms with Crippen LogP contribution in [0.4, 0.5) is 0 Å². The van der Waals surface area contributed by atoms with E-state index in [1.165, 1.54) is 11.7 Å². The van der Waals surface area contributed by atoms with Crippen LogP contribution in [0.15, 0.2) is 75.2 Å². The molecule has 2 aromatic heterocycles. The minimum absolute atomic E-state index is 0.00455. The summed E-state index contributed by atoms with van der Waals surface area (Å²) in [5.41, 5.74) is 0.199. The SMILES string of the molecule is C=CCn1c(-c2ccccc2)nc2oc3cc(OC)ccc3c(=O)c2c1=O. The van der Waals surface area contributed by atoms with Gasteiger partial charge in [-0.1, -0.05) is 36.4 Å². The lowest BCUT2D eigenvalue weighted by atomic mass is 10.1. The molecule has 2 aromatic carbocycles. The molecule has 0 radical (unpaired) electrons. The normalized spacial score (nSPS) is 11.0. The minimum Gasteiger partial charge on any atom is -0.497 e. The molecular weight excluding hydrogens is 344 g/mol. The number of aromatic nitrogens is 2. The summed E-state index contributed by atoms with van der Waals surface area (Å²) in [7, 11) is 1.53. The molecule has 0 atom stereocenters. The molecule has 0 amide bonds. The zero-order valence-corrected chi connectivity index (χ0v) is 14.6. The van der Waals surface area contributed by atoms with Crippen molar-refractivity contribution in [3.05, 3.63) is 81.8 Å². The first-order valence-corrected chi connectivity index (χ1v) is 8.35. The van der Waals surface area contributed by atoms with Crippen molar-refractivity contribution in [2.45, 2.75) is 6.54 Å². The number of methoxy groups -OCH3 is 1. The highest BCUT2D eigenvalue weighted by Gasteiger charge is 2.18. The molecule has 0 aliphatic carbocycles. The van der Waals surface area contributed by atoms with Gasteiger partial charge < -0.3 is 9.15 Å². The van der Waals surface area contributed by atoms with Gasteiger partial charge in [-0.15, -0.1) is 6.58 Å². The van der Waals surface area contributed by atoms with E-state index in [4.69, 9.17) is 9.15 Å². The van der Waals surface area contributed by atoms with E-state index in [-0.39, 0.29) is 17.6 Å². The summed E-state index contributed by atoms with van der Waals surface area (Å²) in [6.07, 6.45) is 1.59. The molecule has 0 fully saturated rings. The van der Waals surface area contributed by atoms with E-state index < -0.39 is 11.0 Å². The Labute approximate surface area is 154 Å². The van der Waals surface area contributed by atoms with Gasteiger partial charge in [-0.25, -0.2) is 0 Å². The van der Waals surface area contributed by atoms with Crippen molar-refractivity contribution < 1.29 is 9.15 Å². The quantitative estimate of drug-likeness (QED) is 0.412. The average molecular weight is 360 g/mol. The lowest BCUT2D eigenvalue weighted by Gasteiger charge is -2.12. The van der Waals surface area contributed by atoms with Crippen molar-refractivity contribution in [2.75, 3.05) is 7.11 Å². The summed E-state index contributed by atoms with van der Waals surface area (Å²) in [5, 5.41) is 0.231. The third-order valence-electron chi connectivity index (χ3n) is 4.35. The predicted molar refractivity (Wildman–Crippen MR) is 104 cm³/mol. The highest BCUT2D eigenvalue weighted by atomic mass is 16.5. The van der Waals surface area contributed by atoms with Crippen LogP contribution in [0.5, 0.6) is 5.75 Å². The lowest BCUT2D eigenvalue weighted by molar-refractivity contribution is 0.414. The van der Waals surface area contributed by atoms with Gasteiger partial charge in [0.25, 0.3) is 5.56 Å². The van der Waals surface area contributed by atoms with Gasteiger partial charge >= 0.3 is 0 Å². The van der Waals surface area contributed by atoms with Crippen molar-refractivity contribution in [1.82, 2.24) is 9.55 Å². The molecule has 134 valence electrons. The number of allylic oxidation sites excluding steroid dienone is 1. The third-order valence-corrected chi connectivity index (χ3v) is 4.35. The topological polar surface area (TPSA) is 74.3 Å². The lowest BCUT2D eigenvalue weighted by Crippen LogP contribution is -2.27. The van der Waals surface area contributed by atoms with Crippen LogP contribution < -0.4 is 15.7 Å². The van der Waals surface area contributed by atoms with Gasteiger partial charge in [-0.3, -0.25) is 14.2 Å². The van der Waals surface area contributed by atoms with Crippen LogP contribution in [0.25, 0.3) is 33.5 Å². The minimum atomic E-state index is -0.453. The van der Waals surface area contributed by atoms with Crippen molar-refractivity contribution in [3.8, 4) is 17.1 Å². The highest BCUT2D eigenvalue weighted by Crippen LogP contribution is 2.23. The first-order chi connectivity index (χ1) is 13.1. The van der Waals surface area contributed by atoms with Crippen LogP contribution in [-0.2, 0) is 6.54 Å². The molecule has 0 saturated heterocycles. The van der Waals surface area contributed by atoms with Crippen LogP contribution in [-0.4, -0.2) is 16.7 Å². The van der Waals surface area contributed by atoms with Crippen LogP contribution in [0.3, 0.4) is 0 Å². The van der Waals surface area contributed by atoms with Crippen molar-refractivity contribution in [3.63, 3.8) is 0 Å². The Hall–Kier alpha value is -3.67. The van der Waals surface area contributed by atoms with Crippen LogP contribution >= 0.6 is 0 Å². The fraction of sp³-hybridized carbons (Fsp3) is 0.0952. The summed E-state index contributed by atoms with van der Waals surface area (Å²) in [6.45, 7) is 3.93. The molecule has 0 spiro atoms. The van der Waals surface area contributed by atoms with Gasteiger partial charge in [0.1, 0.15) is 17.2 Å². The Balaban J connectivity index is 2.15. The molecule has 0 bridgehead atoms. The largest absolute Gasteiger partial charge is 0.497 e. The zero-order valence-electron chi connectivity index (χ0n) is 14.6. The highest BCUT2D eigenvalue weighted by molar-refractivity contribution is 5.89. The number of nitrogens with zero attached hydrogens (tertiary/aromatic N) is 2. The van der Waals surface area contributed by atoms with E-state index in [2.05, 4.69) is 11.6 Å². The van der Waals surface area contributed by atoms with Crippen LogP contribution in [0.2, 0.25) is 0 Å². The number of fused-ring (bicyclic) bond motifs is 2. The summed E-state index contributed by atoms with van der Waals surface area (Å²) in [6, 6.07) is 14.1. The maximum atomic E-state index is 13.1. The summed E-state index contributed by atoms with van der Waals surface area (Å²) in [4.78, 5) is 30.5. The van der Waals surface area contributed by atoms with E-state index in [9.17, 15) is 9.59 Å². The molecule has 0 unspecified atom stereocenters. The molecule has 4 aromatic rings. The molecular formula is C21H16N2O4. The zero-order chi connectivity index (χ0) is 19.0. The van der Waals surface area contributed by atoms with Crippen molar-refractivity contribution in [2.24, 2.45) is 0 Å². The third kappa shape index (κ3) is 2.71. The van der Waals surface area contributed by atoms with Crippen LogP contribution in [0.1, 0.15) is 0 Å². The molecule has 6 nitrogen and oxygen atoms in total. The maximum absolute atomic E-state index is 13.1. The van der Waals surface area contributed by atoms with Crippen molar-refractivity contribution in [1.29, 1.82) is 0 Å². The second kappa shape index (κ2) is 6.57. The number of rotatable bonds is 4. The molecule has 6 heteroatoms. The number of ether oxygens (including phenoxy) is 1. The van der Waals surface area contributed by atoms with Gasteiger partial charge in [-0.05, 0) is 12.1 Å². The molecule has 0 saturated carbocycles. The number of hydrogen-bond acceptors (Lipinski definition) is 5. The Morgan fingerprint density at radius 1 is 1.19 bits per heavy atom. The van der Waals surface area contributed by atoms with E-state index in [1.807, 2.05) is 30.3 Å². The van der Waals surface area contributed by atoms with E-state index >= 15 is 0 Å².